The van der Waals surface area contributed by atoms with Crippen LogP contribution in [-0.2, 0) is 6.42 Å². The van der Waals surface area contributed by atoms with E-state index in [0.717, 1.165) is 17.7 Å². The van der Waals surface area contributed by atoms with Gasteiger partial charge in [0.05, 0.1) is 0 Å². The summed E-state index contributed by atoms with van der Waals surface area (Å²) in [5.41, 5.74) is 1.73. The molecule has 1 N–H and O–H groups in total. The molecule has 0 amide bonds. The molecule has 0 aliphatic rings. The number of hydrogen-bond acceptors (Lipinski definition) is 2. The fraction of sp³-hybridized carbons (Fsp3) is 0.200. The maximum Gasteiger partial charge on any atom is 0.427 e. The number of hydrogen-bond donors (Lipinski definition) is 1. The Morgan fingerprint density at radius 2 is 2.21 bits per heavy atom. The SMILES string of the molecule is CCc1ccccc1-[n+]1cc(=O)o[nH]1. The van der Waals surface area contributed by atoms with Gasteiger partial charge in [-0.05, 0) is 16.4 Å². The van der Waals surface area contributed by atoms with Gasteiger partial charge in [-0.25, -0.2) is 4.79 Å². The number of nitrogens with one attached hydrogen (secondary N) is 1. The molecule has 0 bridgehead atoms. The molecular weight excluding hydrogens is 180 g/mol. The summed E-state index contributed by atoms with van der Waals surface area (Å²) >= 11 is 0. The van der Waals surface area contributed by atoms with E-state index in [9.17, 15) is 4.79 Å². The molecule has 72 valence electrons. The second-order valence-electron chi connectivity index (χ2n) is 2.99. The molecule has 1 aromatic heterocycles. The van der Waals surface area contributed by atoms with Crippen molar-refractivity contribution in [2.24, 2.45) is 0 Å². The Hall–Kier alpha value is -1.84. The van der Waals surface area contributed by atoms with Crippen LogP contribution < -0.4 is 10.3 Å². The summed E-state index contributed by atoms with van der Waals surface area (Å²) in [6.07, 6.45) is 2.30. The molecule has 1 heterocycles. The molecule has 0 fully saturated rings. The fourth-order valence-electron chi connectivity index (χ4n) is 1.42. The number of aromatic nitrogens is 2. The minimum atomic E-state index is -0.379. The molecule has 0 radical (unpaired) electrons. The van der Waals surface area contributed by atoms with Gasteiger partial charge in [0.25, 0.3) is 6.20 Å². The maximum atomic E-state index is 10.8. The van der Waals surface area contributed by atoms with Crippen LogP contribution in [0.5, 0.6) is 0 Å². The van der Waals surface area contributed by atoms with Gasteiger partial charge in [0.15, 0.2) is 0 Å². The molecule has 0 spiro atoms. The van der Waals surface area contributed by atoms with Crippen molar-refractivity contribution in [1.29, 1.82) is 0 Å². The number of benzene rings is 1. The zero-order chi connectivity index (χ0) is 9.97. The Labute approximate surface area is 80.7 Å². The molecule has 1 aromatic carbocycles. The van der Waals surface area contributed by atoms with Crippen molar-refractivity contribution < 1.29 is 9.20 Å². The van der Waals surface area contributed by atoms with Crippen LogP contribution in [0.2, 0.25) is 0 Å². The van der Waals surface area contributed by atoms with Gasteiger partial charge in [0.1, 0.15) is 0 Å². The van der Waals surface area contributed by atoms with Crippen LogP contribution >= 0.6 is 0 Å². The van der Waals surface area contributed by atoms with Crippen molar-refractivity contribution in [2.75, 3.05) is 0 Å². The molecule has 2 aromatic rings. The van der Waals surface area contributed by atoms with Gasteiger partial charge < -0.3 is 0 Å². The summed E-state index contributed by atoms with van der Waals surface area (Å²) in [5, 5.41) is 2.53. The zero-order valence-corrected chi connectivity index (χ0v) is 7.86. The number of para-hydroxylation sites is 1. The largest absolute Gasteiger partial charge is 0.427 e. The van der Waals surface area contributed by atoms with Crippen molar-refractivity contribution in [2.45, 2.75) is 13.3 Å². The van der Waals surface area contributed by atoms with E-state index < -0.39 is 0 Å². The fourth-order valence-corrected chi connectivity index (χ4v) is 1.42. The van der Waals surface area contributed by atoms with E-state index in [1.807, 2.05) is 24.3 Å². The van der Waals surface area contributed by atoms with Crippen LogP contribution in [0.4, 0.5) is 0 Å². The number of H-pyrrole nitrogens is 1. The van der Waals surface area contributed by atoms with Gasteiger partial charge in [0.2, 0.25) is 5.69 Å². The topological polar surface area (TPSA) is 49.9 Å². The van der Waals surface area contributed by atoms with Gasteiger partial charge in [-0.3, -0.25) is 4.52 Å². The third kappa shape index (κ3) is 1.46. The van der Waals surface area contributed by atoms with Crippen LogP contribution in [0.3, 0.4) is 0 Å². The lowest BCUT2D eigenvalue weighted by atomic mass is 10.1. The number of aromatic amines is 1. The summed E-state index contributed by atoms with van der Waals surface area (Å²) in [6.45, 7) is 2.07. The minimum absolute atomic E-state index is 0.379. The summed E-state index contributed by atoms with van der Waals surface area (Å²) in [7, 11) is 0. The zero-order valence-electron chi connectivity index (χ0n) is 7.86. The first-order valence-corrected chi connectivity index (χ1v) is 4.49. The standard InChI is InChI=1S/C10H10N2O2/c1-2-8-5-3-4-6-9(8)12-7-10(13)14-11-12/h3-7H,2H2,1H3/p+1. The maximum absolute atomic E-state index is 10.8. The first-order chi connectivity index (χ1) is 6.81. The molecular formula is C10H11N2O2+. The molecule has 0 atom stereocenters. The van der Waals surface area contributed by atoms with E-state index in [4.69, 9.17) is 0 Å². The third-order valence-electron chi connectivity index (χ3n) is 2.11. The Morgan fingerprint density at radius 3 is 2.86 bits per heavy atom. The second-order valence-corrected chi connectivity index (χ2v) is 2.99. The molecule has 4 heteroatoms. The first kappa shape index (κ1) is 8.74. The number of nitrogens with zero attached hydrogens (tertiary/aromatic N) is 1. The van der Waals surface area contributed by atoms with E-state index in [2.05, 4.69) is 16.7 Å². The van der Waals surface area contributed by atoms with E-state index in [-0.39, 0.29) is 5.63 Å². The Kier molecular flexibility index (Phi) is 2.18. The van der Waals surface area contributed by atoms with Crippen LogP contribution in [0, 0.1) is 0 Å². The molecule has 0 aliphatic heterocycles. The Balaban J connectivity index is 2.55. The van der Waals surface area contributed by atoms with Crippen molar-refractivity contribution in [3.05, 3.63) is 46.4 Å². The van der Waals surface area contributed by atoms with Gasteiger partial charge in [-0.2, -0.15) is 0 Å². The van der Waals surface area contributed by atoms with Crippen molar-refractivity contribution in [3.63, 3.8) is 0 Å². The van der Waals surface area contributed by atoms with E-state index in [1.54, 1.807) is 4.68 Å². The first-order valence-electron chi connectivity index (χ1n) is 4.49. The average Bonchev–Trinajstić information content (AvgIpc) is 2.65. The van der Waals surface area contributed by atoms with Crippen molar-refractivity contribution in [1.82, 2.24) is 5.27 Å². The van der Waals surface area contributed by atoms with Crippen molar-refractivity contribution >= 4 is 0 Å². The number of aryl methyl sites for hydroxylation is 1. The van der Waals surface area contributed by atoms with E-state index >= 15 is 0 Å². The molecule has 0 unspecified atom stereocenters. The van der Waals surface area contributed by atoms with Gasteiger partial charge in [-0.15, -0.1) is 0 Å². The average molecular weight is 191 g/mol. The lowest BCUT2D eigenvalue weighted by molar-refractivity contribution is -0.670. The highest BCUT2D eigenvalue weighted by molar-refractivity contribution is 5.32. The predicted molar refractivity (Wildman–Crippen MR) is 50.2 cm³/mol. The molecule has 14 heavy (non-hydrogen) atoms. The second kappa shape index (κ2) is 3.49. The highest BCUT2D eigenvalue weighted by Gasteiger charge is 2.13. The normalized spacial score (nSPS) is 10.4. The molecule has 0 saturated heterocycles. The summed E-state index contributed by atoms with van der Waals surface area (Å²) in [6, 6.07) is 7.85. The highest BCUT2D eigenvalue weighted by Crippen LogP contribution is 2.07. The smallest absolute Gasteiger partial charge is 0.283 e. The third-order valence-corrected chi connectivity index (χ3v) is 2.11. The molecule has 4 nitrogen and oxygen atoms in total. The Morgan fingerprint density at radius 1 is 1.43 bits per heavy atom. The lowest BCUT2D eigenvalue weighted by Crippen LogP contribution is -2.33. The van der Waals surface area contributed by atoms with Crippen LogP contribution in [-0.4, -0.2) is 5.27 Å². The molecule has 0 aliphatic carbocycles. The highest BCUT2D eigenvalue weighted by atomic mass is 16.5. The van der Waals surface area contributed by atoms with Crippen LogP contribution in [0.25, 0.3) is 5.69 Å². The quantitative estimate of drug-likeness (QED) is 0.714. The van der Waals surface area contributed by atoms with Crippen molar-refractivity contribution in [3.8, 4) is 5.69 Å². The minimum Gasteiger partial charge on any atom is -0.283 e. The van der Waals surface area contributed by atoms with Gasteiger partial charge in [-0.1, -0.05) is 25.1 Å². The van der Waals surface area contributed by atoms with Gasteiger partial charge >= 0.3 is 5.63 Å². The number of rotatable bonds is 2. The summed E-state index contributed by atoms with van der Waals surface area (Å²) in [4.78, 5) is 10.8. The van der Waals surface area contributed by atoms with E-state index in [1.165, 1.54) is 6.20 Å². The van der Waals surface area contributed by atoms with E-state index in [0.29, 0.717) is 0 Å². The lowest BCUT2D eigenvalue weighted by Gasteiger charge is -1.96. The Bertz CT molecular complexity index is 485. The summed E-state index contributed by atoms with van der Waals surface area (Å²) < 4.78 is 6.19. The van der Waals surface area contributed by atoms with Crippen LogP contribution in [0.1, 0.15) is 12.5 Å². The summed E-state index contributed by atoms with van der Waals surface area (Å²) in [5.74, 6) is 0. The molecule has 2 rings (SSSR count). The monoisotopic (exact) mass is 191 g/mol. The predicted octanol–water partition coefficient (Wildman–Crippen LogP) is 0.807. The molecule has 0 saturated carbocycles. The van der Waals surface area contributed by atoms with Gasteiger partial charge in [0, 0.05) is 11.6 Å². The van der Waals surface area contributed by atoms with Crippen LogP contribution in [0.15, 0.2) is 39.8 Å².